The Morgan fingerprint density at radius 1 is 1.03 bits per heavy atom. The van der Waals surface area contributed by atoms with E-state index in [4.69, 9.17) is 0 Å². The van der Waals surface area contributed by atoms with E-state index >= 15 is 0 Å². The van der Waals surface area contributed by atoms with E-state index in [0.717, 1.165) is 23.4 Å². The second-order valence-electron chi connectivity index (χ2n) is 6.97. The molecule has 3 rings (SSSR count). The molecule has 30 heavy (non-hydrogen) atoms. The van der Waals surface area contributed by atoms with Crippen molar-refractivity contribution in [2.24, 2.45) is 0 Å². The lowest BCUT2D eigenvalue weighted by molar-refractivity contribution is -0.137. The summed E-state index contributed by atoms with van der Waals surface area (Å²) in [4.78, 5) is 26.9. The van der Waals surface area contributed by atoms with Crippen molar-refractivity contribution >= 4 is 11.6 Å². The van der Waals surface area contributed by atoms with Gasteiger partial charge in [0.15, 0.2) is 0 Å². The maximum absolute atomic E-state index is 13.1. The lowest BCUT2D eigenvalue weighted by Gasteiger charge is -2.22. The molecule has 0 spiro atoms. The maximum atomic E-state index is 13.1. The summed E-state index contributed by atoms with van der Waals surface area (Å²) in [7, 11) is 0. The standard InChI is InChI=1S/C23H21F3N2O2/c1-3-28(20-9-4-6-16(2)12-20)22(30)18-10-11-21(29)27(15-18)14-17-7-5-8-19(13-17)23(24,25)26/h4-13,15H,3,14H2,1-2H3. The Labute approximate surface area is 172 Å². The van der Waals surface area contributed by atoms with Gasteiger partial charge in [0, 0.05) is 24.5 Å². The molecule has 0 saturated heterocycles. The average molecular weight is 414 g/mol. The number of carbonyl (C=O) groups excluding carboxylic acids is 1. The van der Waals surface area contributed by atoms with Crippen LogP contribution in [-0.4, -0.2) is 17.0 Å². The number of hydrogen-bond donors (Lipinski definition) is 0. The van der Waals surface area contributed by atoms with Crippen LogP contribution < -0.4 is 10.5 Å². The summed E-state index contributed by atoms with van der Waals surface area (Å²) >= 11 is 0. The van der Waals surface area contributed by atoms with Crippen molar-refractivity contribution in [1.82, 2.24) is 4.57 Å². The lowest BCUT2D eigenvalue weighted by atomic mass is 10.1. The number of benzene rings is 2. The monoisotopic (exact) mass is 414 g/mol. The van der Waals surface area contributed by atoms with Gasteiger partial charge in [0.2, 0.25) is 0 Å². The van der Waals surface area contributed by atoms with Gasteiger partial charge in [-0.25, -0.2) is 0 Å². The highest BCUT2D eigenvalue weighted by Crippen LogP contribution is 2.29. The maximum Gasteiger partial charge on any atom is 0.416 e. The normalized spacial score (nSPS) is 11.4. The molecule has 3 aromatic rings. The number of amides is 1. The molecule has 0 N–H and O–H groups in total. The number of aromatic nitrogens is 1. The van der Waals surface area contributed by atoms with Crippen molar-refractivity contribution in [3.63, 3.8) is 0 Å². The summed E-state index contributed by atoms with van der Waals surface area (Å²) in [6.45, 7) is 4.13. The third-order valence-electron chi connectivity index (χ3n) is 4.71. The van der Waals surface area contributed by atoms with Crippen LogP contribution in [0.2, 0.25) is 0 Å². The quantitative estimate of drug-likeness (QED) is 0.597. The van der Waals surface area contributed by atoms with Crippen LogP contribution in [0.3, 0.4) is 0 Å². The minimum absolute atomic E-state index is 0.0690. The van der Waals surface area contributed by atoms with Crippen LogP contribution in [0.25, 0.3) is 0 Å². The molecule has 1 heterocycles. The second-order valence-corrected chi connectivity index (χ2v) is 6.97. The Morgan fingerprint density at radius 3 is 2.43 bits per heavy atom. The van der Waals surface area contributed by atoms with Gasteiger partial charge in [-0.1, -0.05) is 24.3 Å². The van der Waals surface area contributed by atoms with Gasteiger partial charge in [-0.2, -0.15) is 13.2 Å². The van der Waals surface area contributed by atoms with E-state index in [1.807, 2.05) is 38.1 Å². The molecule has 0 aliphatic heterocycles. The first kappa shape index (κ1) is 21.4. The summed E-state index contributed by atoms with van der Waals surface area (Å²) in [5, 5.41) is 0. The van der Waals surface area contributed by atoms with E-state index in [1.165, 1.54) is 35.0 Å². The van der Waals surface area contributed by atoms with Crippen molar-refractivity contribution in [1.29, 1.82) is 0 Å². The van der Waals surface area contributed by atoms with Crippen molar-refractivity contribution in [3.05, 3.63) is 99.5 Å². The molecule has 1 amide bonds. The van der Waals surface area contributed by atoms with Crippen LogP contribution in [0, 0.1) is 6.92 Å². The molecule has 0 aliphatic carbocycles. The summed E-state index contributed by atoms with van der Waals surface area (Å²) in [5.41, 5.74) is 1.17. The predicted molar refractivity (Wildman–Crippen MR) is 110 cm³/mol. The number of aryl methyl sites for hydroxylation is 1. The van der Waals surface area contributed by atoms with E-state index in [2.05, 4.69) is 0 Å². The zero-order valence-corrected chi connectivity index (χ0v) is 16.6. The van der Waals surface area contributed by atoms with Crippen LogP contribution in [-0.2, 0) is 12.7 Å². The van der Waals surface area contributed by atoms with E-state index in [1.54, 1.807) is 4.90 Å². The Hall–Kier alpha value is -3.35. The van der Waals surface area contributed by atoms with Crippen molar-refractivity contribution in [3.8, 4) is 0 Å². The zero-order chi connectivity index (χ0) is 21.9. The van der Waals surface area contributed by atoms with Gasteiger partial charge < -0.3 is 9.47 Å². The average Bonchev–Trinajstić information content (AvgIpc) is 2.70. The molecule has 2 aromatic carbocycles. The van der Waals surface area contributed by atoms with Gasteiger partial charge in [0.1, 0.15) is 0 Å². The first-order valence-electron chi connectivity index (χ1n) is 9.44. The fourth-order valence-corrected chi connectivity index (χ4v) is 3.22. The minimum atomic E-state index is -4.46. The predicted octanol–water partition coefficient (Wildman–Crippen LogP) is 4.89. The molecule has 0 unspecified atom stereocenters. The van der Waals surface area contributed by atoms with E-state index in [9.17, 15) is 22.8 Å². The van der Waals surface area contributed by atoms with Gasteiger partial charge in [0.05, 0.1) is 17.7 Å². The highest BCUT2D eigenvalue weighted by molar-refractivity contribution is 6.05. The molecule has 0 aliphatic rings. The lowest BCUT2D eigenvalue weighted by Crippen LogP contribution is -2.32. The molecule has 0 saturated carbocycles. The Kier molecular flexibility index (Phi) is 6.10. The summed E-state index contributed by atoms with van der Waals surface area (Å²) in [6.07, 6.45) is -3.07. The number of carbonyl (C=O) groups is 1. The van der Waals surface area contributed by atoms with Crippen LogP contribution >= 0.6 is 0 Å². The number of pyridine rings is 1. The number of nitrogens with zero attached hydrogens (tertiary/aromatic N) is 2. The smallest absolute Gasteiger partial charge is 0.310 e. The highest BCUT2D eigenvalue weighted by Gasteiger charge is 2.30. The Bertz CT molecular complexity index is 1120. The molecule has 0 fully saturated rings. The SMILES string of the molecule is CCN(C(=O)c1ccc(=O)n(Cc2cccc(C(F)(F)F)c2)c1)c1cccc(C)c1. The fourth-order valence-electron chi connectivity index (χ4n) is 3.22. The van der Waals surface area contributed by atoms with Crippen LogP contribution in [0.4, 0.5) is 18.9 Å². The van der Waals surface area contributed by atoms with Gasteiger partial charge in [0.25, 0.3) is 11.5 Å². The summed E-state index contributed by atoms with van der Waals surface area (Å²) in [6, 6.07) is 15.0. The van der Waals surface area contributed by atoms with Crippen molar-refractivity contribution in [2.75, 3.05) is 11.4 Å². The number of halogens is 3. The van der Waals surface area contributed by atoms with Crippen molar-refractivity contribution < 1.29 is 18.0 Å². The summed E-state index contributed by atoms with van der Waals surface area (Å²) < 4.78 is 40.1. The van der Waals surface area contributed by atoms with Crippen LogP contribution in [0.1, 0.15) is 34.0 Å². The second kappa shape index (κ2) is 8.57. The van der Waals surface area contributed by atoms with Gasteiger partial charge in [-0.3, -0.25) is 9.59 Å². The first-order chi connectivity index (χ1) is 14.2. The minimum Gasteiger partial charge on any atom is -0.310 e. The largest absolute Gasteiger partial charge is 0.416 e. The number of rotatable bonds is 5. The third-order valence-corrected chi connectivity index (χ3v) is 4.71. The number of alkyl halides is 3. The number of anilines is 1. The molecule has 156 valence electrons. The third kappa shape index (κ3) is 4.79. The number of hydrogen-bond acceptors (Lipinski definition) is 2. The van der Waals surface area contributed by atoms with E-state index in [0.29, 0.717) is 12.1 Å². The van der Waals surface area contributed by atoms with Crippen LogP contribution in [0.15, 0.2) is 71.7 Å². The molecule has 1 aromatic heterocycles. The van der Waals surface area contributed by atoms with E-state index < -0.39 is 17.3 Å². The molecule has 4 nitrogen and oxygen atoms in total. The molecule has 0 radical (unpaired) electrons. The van der Waals surface area contributed by atoms with Crippen LogP contribution in [0.5, 0.6) is 0 Å². The van der Waals surface area contributed by atoms with Crippen molar-refractivity contribution in [2.45, 2.75) is 26.6 Å². The topological polar surface area (TPSA) is 42.3 Å². The highest BCUT2D eigenvalue weighted by atomic mass is 19.4. The molecular weight excluding hydrogens is 393 g/mol. The summed E-state index contributed by atoms with van der Waals surface area (Å²) in [5.74, 6) is -0.291. The molecular formula is C23H21F3N2O2. The van der Waals surface area contributed by atoms with Gasteiger partial charge >= 0.3 is 6.18 Å². The fraction of sp³-hybridized carbons (Fsp3) is 0.217. The molecule has 7 heteroatoms. The molecule has 0 atom stereocenters. The van der Waals surface area contributed by atoms with Gasteiger partial charge in [-0.05, 0) is 55.3 Å². The van der Waals surface area contributed by atoms with E-state index in [-0.39, 0.29) is 18.0 Å². The van der Waals surface area contributed by atoms with Gasteiger partial charge in [-0.15, -0.1) is 0 Å². The Balaban J connectivity index is 1.91. The first-order valence-corrected chi connectivity index (χ1v) is 9.44. The Morgan fingerprint density at radius 2 is 1.77 bits per heavy atom. The zero-order valence-electron chi connectivity index (χ0n) is 16.6. The molecule has 0 bridgehead atoms.